The summed E-state index contributed by atoms with van der Waals surface area (Å²) in [5.74, 6) is 0.152. The zero-order valence-electron chi connectivity index (χ0n) is 17.8. The minimum atomic E-state index is -3.41. The summed E-state index contributed by atoms with van der Waals surface area (Å²) in [7, 11) is -3.41. The first-order valence-electron chi connectivity index (χ1n) is 11.1. The summed E-state index contributed by atoms with van der Waals surface area (Å²) in [5, 5.41) is 0. The molecule has 1 amide bonds. The number of aryl methyl sites for hydroxylation is 1. The molecule has 2 saturated heterocycles. The van der Waals surface area contributed by atoms with Crippen LogP contribution in [0.4, 0.5) is 5.69 Å². The van der Waals surface area contributed by atoms with Gasteiger partial charge < -0.3 is 9.80 Å². The Balaban J connectivity index is 1.27. The molecule has 1 aromatic heterocycles. The molecule has 2 aliphatic rings. The van der Waals surface area contributed by atoms with E-state index >= 15 is 0 Å². The number of rotatable bonds is 6. The van der Waals surface area contributed by atoms with Gasteiger partial charge in [-0.2, -0.15) is 4.31 Å². The molecular formula is C23H30N4O3S. The first kappa shape index (κ1) is 21.8. The average Bonchev–Trinajstić information content (AvgIpc) is 2.84. The molecule has 0 bridgehead atoms. The molecule has 2 fully saturated rings. The van der Waals surface area contributed by atoms with E-state index in [1.54, 1.807) is 28.8 Å². The molecule has 1 aromatic carbocycles. The number of piperidine rings is 1. The van der Waals surface area contributed by atoms with E-state index in [1.807, 2.05) is 29.2 Å². The van der Waals surface area contributed by atoms with Gasteiger partial charge in [-0.05, 0) is 49.1 Å². The monoisotopic (exact) mass is 442 g/mol. The lowest BCUT2D eigenvalue weighted by Crippen LogP contribution is -2.48. The number of pyridine rings is 1. The Morgan fingerprint density at radius 3 is 2.13 bits per heavy atom. The maximum absolute atomic E-state index is 12.8. The fourth-order valence-corrected chi connectivity index (χ4v) is 5.78. The number of sulfonamides is 1. The van der Waals surface area contributed by atoms with Gasteiger partial charge in [0.2, 0.25) is 15.9 Å². The Bertz CT molecular complexity index is 966. The Morgan fingerprint density at radius 1 is 0.839 bits per heavy atom. The Hall–Kier alpha value is -2.45. The second-order valence-corrected chi connectivity index (χ2v) is 10.1. The van der Waals surface area contributed by atoms with Gasteiger partial charge in [0.05, 0.1) is 4.90 Å². The van der Waals surface area contributed by atoms with Crippen LogP contribution in [0.5, 0.6) is 0 Å². The fourth-order valence-electron chi connectivity index (χ4n) is 4.26. The summed E-state index contributed by atoms with van der Waals surface area (Å²) in [5.41, 5.74) is 2.13. The number of hydrogen-bond acceptors (Lipinski definition) is 5. The van der Waals surface area contributed by atoms with Gasteiger partial charge in [0, 0.05) is 63.8 Å². The van der Waals surface area contributed by atoms with Crippen LogP contribution in [0.25, 0.3) is 0 Å². The van der Waals surface area contributed by atoms with Gasteiger partial charge in [0.25, 0.3) is 0 Å². The number of benzene rings is 1. The number of nitrogens with zero attached hydrogens (tertiary/aromatic N) is 4. The van der Waals surface area contributed by atoms with E-state index in [2.05, 4.69) is 9.88 Å². The van der Waals surface area contributed by atoms with Crippen LogP contribution < -0.4 is 4.90 Å². The molecule has 2 aromatic rings. The predicted octanol–water partition coefficient (Wildman–Crippen LogP) is 2.54. The molecule has 0 aliphatic carbocycles. The molecule has 7 nitrogen and oxygen atoms in total. The number of aromatic nitrogens is 1. The summed E-state index contributed by atoms with van der Waals surface area (Å²) in [6.07, 6.45) is 7.58. The smallest absolute Gasteiger partial charge is 0.243 e. The lowest BCUT2D eigenvalue weighted by atomic mass is 10.1. The number of piperazine rings is 1. The Morgan fingerprint density at radius 2 is 1.48 bits per heavy atom. The fraction of sp³-hybridized carbons (Fsp3) is 0.478. The van der Waals surface area contributed by atoms with Gasteiger partial charge in [0.15, 0.2) is 0 Å². The Kier molecular flexibility index (Phi) is 6.87. The molecule has 166 valence electrons. The minimum absolute atomic E-state index is 0.152. The molecule has 0 radical (unpaired) electrons. The number of amides is 1. The SMILES string of the molecule is O=C(CCc1ccc(S(=O)(=O)N2CCCCC2)cc1)N1CCN(c2ccncc2)CC1. The van der Waals surface area contributed by atoms with E-state index in [0.29, 0.717) is 43.9 Å². The quantitative estimate of drug-likeness (QED) is 0.687. The van der Waals surface area contributed by atoms with Crippen molar-refractivity contribution in [3.05, 3.63) is 54.4 Å². The van der Waals surface area contributed by atoms with Crippen molar-refractivity contribution in [2.45, 2.75) is 37.0 Å². The standard InChI is InChI=1S/C23H30N4O3S/c28-23(26-18-16-25(17-19-26)21-10-12-24-13-11-21)9-6-20-4-7-22(8-5-20)31(29,30)27-14-2-1-3-15-27/h4-5,7-8,10-13H,1-3,6,9,14-19H2. The van der Waals surface area contributed by atoms with E-state index in [0.717, 1.165) is 43.6 Å². The lowest BCUT2D eigenvalue weighted by molar-refractivity contribution is -0.131. The summed E-state index contributed by atoms with van der Waals surface area (Å²) in [4.78, 5) is 21.2. The highest BCUT2D eigenvalue weighted by atomic mass is 32.2. The molecule has 0 unspecified atom stereocenters. The largest absolute Gasteiger partial charge is 0.368 e. The van der Waals surface area contributed by atoms with Crippen molar-refractivity contribution in [1.82, 2.24) is 14.2 Å². The topological polar surface area (TPSA) is 73.8 Å². The molecule has 3 heterocycles. The van der Waals surface area contributed by atoms with Gasteiger partial charge >= 0.3 is 0 Å². The van der Waals surface area contributed by atoms with Crippen LogP contribution in [0.3, 0.4) is 0 Å². The van der Waals surface area contributed by atoms with Crippen molar-refractivity contribution in [2.24, 2.45) is 0 Å². The van der Waals surface area contributed by atoms with Gasteiger partial charge in [-0.1, -0.05) is 18.6 Å². The molecule has 2 aliphatic heterocycles. The highest BCUT2D eigenvalue weighted by Crippen LogP contribution is 2.21. The number of carbonyl (C=O) groups is 1. The molecule has 0 N–H and O–H groups in total. The van der Waals surface area contributed by atoms with Gasteiger partial charge in [-0.15, -0.1) is 0 Å². The van der Waals surface area contributed by atoms with E-state index in [1.165, 1.54) is 0 Å². The number of hydrogen-bond donors (Lipinski definition) is 0. The van der Waals surface area contributed by atoms with Crippen LogP contribution in [-0.4, -0.2) is 67.8 Å². The third-order valence-corrected chi connectivity index (χ3v) is 8.08. The molecule has 0 saturated carbocycles. The van der Waals surface area contributed by atoms with Gasteiger partial charge in [0.1, 0.15) is 0 Å². The van der Waals surface area contributed by atoms with Crippen molar-refractivity contribution >= 4 is 21.6 Å². The summed E-state index contributed by atoms with van der Waals surface area (Å²) >= 11 is 0. The first-order chi connectivity index (χ1) is 15.0. The highest BCUT2D eigenvalue weighted by Gasteiger charge is 2.26. The van der Waals surface area contributed by atoms with Gasteiger partial charge in [-0.3, -0.25) is 9.78 Å². The zero-order chi connectivity index (χ0) is 21.7. The first-order valence-corrected chi connectivity index (χ1v) is 12.5. The summed E-state index contributed by atoms with van der Waals surface area (Å²) in [6, 6.07) is 11.0. The second kappa shape index (κ2) is 9.78. The van der Waals surface area contributed by atoms with Crippen LogP contribution in [-0.2, 0) is 21.2 Å². The van der Waals surface area contributed by atoms with E-state index < -0.39 is 10.0 Å². The normalized spacial score (nSPS) is 18.2. The second-order valence-electron chi connectivity index (χ2n) is 8.18. The maximum atomic E-state index is 12.8. The van der Waals surface area contributed by atoms with Gasteiger partial charge in [-0.25, -0.2) is 8.42 Å². The van der Waals surface area contributed by atoms with Crippen molar-refractivity contribution in [1.29, 1.82) is 0 Å². The lowest BCUT2D eigenvalue weighted by Gasteiger charge is -2.36. The van der Waals surface area contributed by atoms with Crippen LogP contribution >= 0.6 is 0 Å². The van der Waals surface area contributed by atoms with Crippen LogP contribution in [0, 0.1) is 0 Å². The van der Waals surface area contributed by atoms with E-state index in [4.69, 9.17) is 0 Å². The number of carbonyl (C=O) groups excluding carboxylic acids is 1. The van der Waals surface area contributed by atoms with Crippen LogP contribution in [0.1, 0.15) is 31.2 Å². The molecular weight excluding hydrogens is 412 g/mol. The summed E-state index contributed by atoms with van der Waals surface area (Å²) < 4.78 is 27.1. The highest BCUT2D eigenvalue weighted by molar-refractivity contribution is 7.89. The van der Waals surface area contributed by atoms with E-state index in [-0.39, 0.29) is 5.91 Å². The third-order valence-electron chi connectivity index (χ3n) is 6.16. The maximum Gasteiger partial charge on any atom is 0.243 e. The van der Waals surface area contributed by atoms with Crippen molar-refractivity contribution in [3.8, 4) is 0 Å². The predicted molar refractivity (Wildman–Crippen MR) is 120 cm³/mol. The minimum Gasteiger partial charge on any atom is -0.368 e. The van der Waals surface area contributed by atoms with Crippen molar-refractivity contribution in [2.75, 3.05) is 44.2 Å². The molecule has 0 spiro atoms. The molecule has 31 heavy (non-hydrogen) atoms. The van der Waals surface area contributed by atoms with Crippen molar-refractivity contribution < 1.29 is 13.2 Å². The molecule has 0 atom stereocenters. The molecule has 4 rings (SSSR count). The summed E-state index contributed by atoms with van der Waals surface area (Å²) in [6.45, 7) is 4.28. The average molecular weight is 443 g/mol. The van der Waals surface area contributed by atoms with Crippen LogP contribution in [0.15, 0.2) is 53.7 Å². The van der Waals surface area contributed by atoms with E-state index in [9.17, 15) is 13.2 Å². The molecule has 8 heteroatoms. The number of anilines is 1. The third kappa shape index (κ3) is 5.25. The Labute approximate surface area is 184 Å². The zero-order valence-corrected chi connectivity index (χ0v) is 18.6. The van der Waals surface area contributed by atoms with Crippen molar-refractivity contribution in [3.63, 3.8) is 0 Å². The van der Waals surface area contributed by atoms with Crippen LogP contribution in [0.2, 0.25) is 0 Å².